The van der Waals surface area contributed by atoms with Crippen molar-refractivity contribution in [2.45, 2.75) is 32.2 Å². The van der Waals surface area contributed by atoms with E-state index in [4.69, 9.17) is 4.43 Å². The van der Waals surface area contributed by atoms with Crippen LogP contribution in [-0.2, 0) is 4.43 Å². The molecule has 0 unspecified atom stereocenters. The number of carbonyl (C=O) groups excluding carboxylic acids is 1. The number of benzene rings is 2. The molecule has 3 heteroatoms. The van der Waals surface area contributed by atoms with Crippen LogP contribution in [0, 0.1) is 0 Å². The lowest BCUT2D eigenvalue weighted by Crippen LogP contribution is -2.29. The van der Waals surface area contributed by atoms with Gasteiger partial charge in [-0.05, 0) is 25.2 Å². The fourth-order valence-electron chi connectivity index (χ4n) is 2.23. The van der Waals surface area contributed by atoms with Gasteiger partial charge in [0, 0.05) is 12.0 Å². The van der Waals surface area contributed by atoms with Crippen LogP contribution in [0.15, 0.2) is 60.7 Å². The summed E-state index contributed by atoms with van der Waals surface area (Å²) in [6.45, 7) is 6.45. The summed E-state index contributed by atoms with van der Waals surface area (Å²) < 4.78 is 6.23. The van der Waals surface area contributed by atoms with Gasteiger partial charge in [0.05, 0.1) is 6.10 Å². The van der Waals surface area contributed by atoms with E-state index in [1.807, 2.05) is 60.7 Å². The Kier molecular flexibility index (Phi) is 5.10. The molecule has 0 N–H and O–H groups in total. The van der Waals surface area contributed by atoms with Crippen molar-refractivity contribution in [2.75, 3.05) is 0 Å². The summed E-state index contributed by atoms with van der Waals surface area (Å²) in [4.78, 5) is 12.4. The van der Waals surface area contributed by atoms with Gasteiger partial charge in [-0.25, -0.2) is 0 Å². The van der Waals surface area contributed by atoms with Gasteiger partial charge in [-0.1, -0.05) is 60.7 Å². The van der Waals surface area contributed by atoms with Crippen LogP contribution in [-0.4, -0.2) is 14.1 Å². The zero-order valence-electron chi connectivity index (χ0n) is 12.9. The van der Waals surface area contributed by atoms with E-state index >= 15 is 0 Å². The first-order valence-electron chi connectivity index (χ1n) is 7.27. The van der Waals surface area contributed by atoms with E-state index in [2.05, 4.69) is 19.6 Å². The van der Waals surface area contributed by atoms with Gasteiger partial charge in [0.25, 0.3) is 0 Å². The summed E-state index contributed by atoms with van der Waals surface area (Å²) in [7, 11) is -1.72. The van der Waals surface area contributed by atoms with Crippen LogP contribution in [0.1, 0.15) is 28.4 Å². The summed E-state index contributed by atoms with van der Waals surface area (Å²) in [5, 5.41) is 0. The van der Waals surface area contributed by atoms with Crippen molar-refractivity contribution in [3.05, 3.63) is 71.8 Å². The van der Waals surface area contributed by atoms with E-state index in [1.54, 1.807) is 0 Å². The zero-order valence-corrected chi connectivity index (χ0v) is 13.9. The molecule has 1 atom stereocenters. The molecule has 0 spiro atoms. The van der Waals surface area contributed by atoms with Crippen molar-refractivity contribution >= 4 is 14.1 Å². The lowest BCUT2D eigenvalue weighted by molar-refractivity contribution is 0.0900. The molecule has 21 heavy (non-hydrogen) atoms. The van der Waals surface area contributed by atoms with Crippen molar-refractivity contribution in [1.29, 1.82) is 0 Å². The van der Waals surface area contributed by atoms with Crippen molar-refractivity contribution in [3.8, 4) is 0 Å². The minimum absolute atomic E-state index is 0.128. The number of carbonyl (C=O) groups is 1. The van der Waals surface area contributed by atoms with Crippen molar-refractivity contribution < 1.29 is 9.22 Å². The Morgan fingerprint density at radius 1 is 0.952 bits per heavy atom. The molecule has 0 radical (unpaired) electrons. The van der Waals surface area contributed by atoms with Gasteiger partial charge < -0.3 is 4.43 Å². The highest BCUT2D eigenvalue weighted by atomic mass is 28.4. The van der Waals surface area contributed by atoms with Gasteiger partial charge >= 0.3 is 0 Å². The van der Waals surface area contributed by atoms with Crippen LogP contribution in [0.4, 0.5) is 0 Å². The summed E-state index contributed by atoms with van der Waals surface area (Å²) in [6.07, 6.45) is 0.226. The van der Waals surface area contributed by atoms with Crippen LogP contribution in [0.5, 0.6) is 0 Å². The lowest BCUT2D eigenvalue weighted by atomic mass is 10.0. The third-order valence-electron chi connectivity index (χ3n) is 3.13. The largest absolute Gasteiger partial charge is 0.410 e. The first-order chi connectivity index (χ1) is 9.96. The average Bonchev–Trinajstić information content (AvgIpc) is 2.47. The van der Waals surface area contributed by atoms with Crippen molar-refractivity contribution in [1.82, 2.24) is 0 Å². The average molecular weight is 298 g/mol. The minimum Gasteiger partial charge on any atom is -0.410 e. The van der Waals surface area contributed by atoms with Crippen molar-refractivity contribution in [3.63, 3.8) is 0 Å². The molecule has 0 saturated heterocycles. The highest BCUT2D eigenvalue weighted by Gasteiger charge is 2.24. The Morgan fingerprint density at radius 2 is 1.48 bits per heavy atom. The molecule has 0 aliphatic rings. The van der Waals surface area contributed by atoms with Gasteiger partial charge in [-0.3, -0.25) is 4.79 Å². The molecule has 110 valence electrons. The Hall–Kier alpha value is -1.71. The summed E-state index contributed by atoms with van der Waals surface area (Å²) in [5.74, 6) is 0.128. The van der Waals surface area contributed by atoms with E-state index in [1.165, 1.54) is 0 Å². The van der Waals surface area contributed by atoms with Crippen LogP contribution in [0.25, 0.3) is 0 Å². The van der Waals surface area contributed by atoms with E-state index in [9.17, 15) is 4.79 Å². The standard InChI is InChI=1S/C18H22O2Si/c1-21(2,3)20-18(16-12-8-5-9-13-16)14-17(19)15-10-6-4-7-11-15/h4-13,18H,14H2,1-3H3/t18-/m1/s1. The number of Topliss-reactive ketones (excluding diaryl/α,β-unsaturated/α-hetero) is 1. The molecule has 0 saturated carbocycles. The zero-order chi connectivity index (χ0) is 15.3. The molecule has 0 aromatic heterocycles. The molecule has 0 aliphatic carbocycles. The second kappa shape index (κ2) is 6.83. The highest BCUT2D eigenvalue weighted by Crippen LogP contribution is 2.27. The van der Waals surface area contributed by atoms with Gasteiger partial charge in [-0.2, -0.15) is 0 Å². The Balaban J connectivity index is 2.19. The third kappa shape index (κ3) is 4.96. The predicted octanol–water partition coefficient (Wildman–Crippen LogP) is 4.85. The molecule has 0 amide bonds. The maximum Gasteiger partial charge on any atom is 0.184 e. The second-order valence-corrected chi connectivity index (χ2v) is 10.6. The van der Waals surface area contributed by atoms with E-state index in [-0.39, 0.29) is 11.9 Å². The molecule has 0 aliphatic heterocycles. The molecule has 2 aromatic carbocycles. The maximum atomic E-state index is 12.4. The third-order valence-corrected chi connectivity index (χ3v) is 4.13. The molecular weight excluding hydrogens is 276 g/mol. The highest BCUT2D eigenvalue weighted by molar-refractivity contribution is 6.69. The number of rotatable bonds is 6. The Bertz CT molecular complexity index is 573. The topological polar surface area (TPSA) is 26.3 Å². The van der Waals surface area contributed by atoms with Gasteiger partial charge in [0.15, 0.2) is 14.1 Å². The number of ketones is 1. The first kappa shape index (κ1) is 15.7. The molecule has 0 heterocycles. The van der Waals surface area contributed by atoms with Crippen LogP contribution in [0.2, 0.25) is 19.6 Å². The van der Waals surface area contributed by atoms with Crippen LogP contribution < -0.4 is 0 Å². The smallest absolute Gasteiger partial charge is 0.184 e. The molecule has 2 aromatic rings. The summed E-state index contributed by atoms with van der Waals surface area (Å²) in [6, 6.07) is 19.4. The second-order valence-electron chi connectivity index (χ2n) is 6.12. The Morgan fingerprint density at radius 3 is 2.00 bits per heavy atom. The number of hydrogen-bond acceptors (Lipinski definition) is 2. The fraction of sp³-hybridized carbons (Fsp3) is 0.278. The molecule has 0 bridgehead atoms. The van der Waals surface area contributed by atoms with Gasteiger partial charge in [0.1, 0.15) is 0 Å². The maximum absolute atomic E-state index is 12.4. The molecule has 2 rings (SSSR count). The summed E-state index contributed by atoms with van der Waals surface area (Å²) in [5.41, 5.74) is 1.82. The van der Waals surface area contributed by atoms with Crippen molar-refractivity contribution in [2.24, 2.45) is 0 Å². The normalized spacial score (nSPS) is 12.9. The fourth-order valence-corrected chi connectivity index (χ4v) is 3.31. The molecule has 0 fully saturated rings. The van der Waals surface area contributed by atoms with Gasteiger partial charge in [-0.15, -0.1) is 0 Å². The predicted molar refractivity (Wildman–Crippen MR) is 89.0 cm³/mol. The van der Waals surface area contributed by atoms with Crippen LogP contribution >= 0.6 is 0 Å². The summed E-state index contributed by atoms with van der Waals surface area (Å²) >= 11 is 0. The lowest BCUT2D eigenvalue weighted by Gasteiger charge is -2.26. The first-order valence-corrected chi connectivity index (χ1v) is 10.7. The SMILES string of the molecule is C[Si](C)(C)O[C@H](CC(=O)c1ccccc1)c1ccccc1. The monoisotopic (exact) mass is 298 g/mol. The minimum atomic E-state index is -1.72. The molecular formula is C18H22O2Si. The number of hydrogen-bond donors (Lipinski definition) is 0. The van der Waals surface area contributed by atoms with E-state index in [0.717, 1.165) is 11.1 Å². The van der Waals surface area contributed by atoms with E-state index < -0.39 is 8.32 Å². The van der Waals surface area contributed by atoms with Gasteiger partial charge in [0.2, 0.25) is 0 Å². The Labute approximate surface area is 127 Å². The van der Waals surface area contributed by atoms with E-state index in [0.29, 0.717) is 6.42 Å². The van der Waals surface area contributed by atoms with Crippen LogP contribution in [0.3, 0.4) is 0 Å². The molecule has 2 nitrogen and oxygen atoms in total. The quantitative estimate of drug-likeness (QED) is 0.563.